The highest BCUT2D eigenvalue weighted by Gasteiger charge is 2.66. The number of aliphatic imine (C=N–C) groups is 1. The fraction of sp³-hybridized carbons (Fsp3) is 0.438. The van der Waals surface area contributed by atoms with E-state index in [0.717, 1.165) is 11.0 Å². The highest BCUT2D eigenvalue weighted by molar-refractivity contribution is 6.06. The zero-order valence-corrected chi connectivity index (χ0v) is 14.0. The van der Waals surface area contributed by atoms with Crippen molar-refractivity contribution in [2.24, 2.45) is 10.9 Å². The summed E-state index contributed by atoms with van der Waals surface area (Å²) in [7, 11) is 0. The van der Waals surface area contributed by atoms with E-state index in [1.807, 2.05) is 5.32 Å². The topological polar surface area (TPSA) is 91.2 Å². The van der Waals surface area contributed by atoms with Crippen LogP contribution in [-0.2, 0) is 15.1 Å². The minimum absolute atomic E-state index is 0.133. The van der Waals surface area contributed by atoms with Crippen molar-refractivity contribution >= 4 is 18.0 Å². The van der Waals surface area contributed by atoms with Crippen molar-refractivity contribution in [2.75, 3.05) is 13.2 Å². The lowest BCUT2D eigenvalue weighted by Gasteiger charge is -2.40. The molecule has 1 saturated heterocycles. The minimum Gasteiger partial charge on any atom is -0.465 e. The van der Waals surface area contributed by atoms with Crippen LogP contribution in [0, 0.1) is 11.7 Å². The number of hydrogen-bond acceptors (Lipinski definition) is 4. The molecule has 2 aliphatic heterocycles. The van der Waals surface area contributed by atoms with Crippen LogP contribution >= 0.6 is 0 Å². The number of carboxylic acid groups (broad SMARTS) is 1. The molecule has 11 heteroatoms. The molecule has 0 unspecified atom stereocenters. The number of nitrogens with zero attached hydrogens (tertiary/aromatic N) is 2. The molecular formula is C16H15F4N3O4. The Morgan fingerprint density at radius 3 is 2.67 bits per heavy atom. The fourth-order valence-corrected chi connectivity index (χ4v) is 3.51. The van der Waals surface area contributed by atoms with Crippen molar-refractivity contribution in [2.45, 2.75) is 24.7 Å². The monoisotopic (exact) mass is 389 g/mol. The van der Waals surface area contributed by atoms with E-state index in [2.05, 4.69) is 4.99 Å². The lowest BCUT2D eigenvalue weighted by molar-refractivity contribution is -0.218. The van der Waals surface area contributed by atoms with Crippen molar-refractivity contribution in [3.63, 3.8) is 0 Å². The van der Waals surface area contributed by atoms with Crippen molar-refractivity contribution < 1.29 is 37.0 Å². The Kier molecular flexibility index (Phi) is 4.58. The van der Waals surface area contributed by atoms with Crippen LogP contribution in [0.15, 0.2) is 29.3 Å². The van der Waals surface area contributed by atoms with E-state index in [1.54, 1.807) is 0 Å². The smallest absolute Gasteiger partial charge is 0.415 e. The van der Waals surface area contributed by atoms with Crippen molar-refractivity contribution in [3.05, 3.63) is 35.6 Å². The average Bonchev–Trinajstić information content (AvgIpc) is 2.96. The Hall–Kier alpha value is -2.69. The number of ether oxygens (including phenoxy) is 1. The third-order valence-corrected chi connectivity index (χ3v) is 4.59. The van der Waals surface area contributed by atoms with Crippen molar-refractivity contribution in [3.8, 4) is 0 Å². The second kappa shape index (κ2) is 6.48. The second-order valence-electron chi connectivity index (χ2n) is 6.10. The summed E-state index contributed by atoms with van der Waals surface area (Å²) in [5, 5.41) is 10.9. The number of rotatable bonds is 2. The molecule has 7 nitrogen and oxygen atoms in total. The number of carbonyl (C=O) groups is 2. The molecule has 0 aromatic heterocycles. The molecule has 2 aliphatic rings. The number of fused-ring (bicyclic) bond motifs is 1. The maximum absolute atomic E-state index is 14.5. The summed E-state index contributed by atoms with van der Waals surface area (Å²) < 4.78 is 59.8. The minimum atomic E-state index is -4.89. The highest BCUT2D eigenvalue weighted by atomic mass is 19.4. The lowest BCUT2D eigenvalue weighted by Crippen LogP contribution is -2.60. The first-order valence-corrected chi connectivity index (χ1v) is 7.96. The van der Waals surface area contributed by atoms with E-state index in [0.29, 0.717) is 0 Å². The van der Waals surface area contributed by atoms with Gasteiger partial charge in [0, 0.05) is 12.1 Å². The van der Waals surface area contributed by atoms with Crippen LogP contribution in [0.3, 0.4) is 0 Å². The van der Waals surface area contributed by atoms with E-state index < -0.39 is 54.1 Å². The van der Waals surface area contributed by atoms with Gasteiger partial charge >= 0.3 is 12.3 Å². The van der Waals surface area contributed by atoms with Crippen molar-refractivity contribution in [1.29, 1.82) is 0 Å². The van der Waals surface area contributed by atoms with Crippen LogP contribution in [-0.4, -0.2) is 53.4 Å². The molecule has 0 bridgehead atoms. The number of benzene rings is 1. The van der Waals surface area contributed by atoms with Crippen LogP contribution < -0.4 is 5.32 Å². The summed E-state index contributed by atoms with van der Waals surface area (Å²) in [4.78, 5) is 28.8. The average molecular weight is 389 g/mol. The van der Waals surface area contributed by atoms with Gasteiger partial charge in [0.25, 0.3) is 0 Å². The molecule has 1 aromatic rings. The van der Waals surface area contributed by atoms with Gasteiger partial charge in [-0.25, -0.2) is 14.2 Å². The number of halogens is 4. The maximum atomic E-state index is 14.5. The molecule has 2 N–H and O–H groups in total. The van der Waals surface area contributed by atoms with Gasteiger partial charge in [-0.15, -0.1) is 0 Å². The first kappa shape index (κ1) is 19.1. The zero-order chi connectivity index (χ0) is 20.0. The first-order valence-electron chi connectivity index (χ1n) is 7.96. The summed E-state index contributed by atoms with van der Waals surface area (Å²) in [5.74, 6) is -4.26. The summed E-state index contributed by atoms with van der Waals surface area (Å²) in [5.41, 5.74) is -2.30. The van der Waals surface area contributed by atoms with Crippen LogP contribution in [0.4, 0.5) is 22.4 Å². The Balaban J connectivity index is 2.25. The molecule has 1 fully saturated rings. The maximum Gasteiger partial charge on any atom is 0.415 e. The largest absolute Gasteiger partial charge is 0.465 e. The first-order chi connectivity index (χ1) is 12.6. The van der Waals surface area contributed by atoms with E-state index in [9.17, 15) is 27.2 Å². The zero-order valence-electron chi connectivity index (χ0n) is 14.0. The predicted octanol–water partition coefficient (Wildman–Crippen LogP) is 2.08. The molecule has 0 saturated carbocycles. The van der Waals surface area contributed by atoms with Gasteiger partial charge in [-0.2, -0.15) is 13.2 Å². The highest BCUT2D eigenvalue weighted by Crippen LogP contribution is 2.50. The Morgan fingerprint density at radius 2 is 2.11 bits per heavy atom. The predicted molar refractivity (Wildman–Crippen MR) is 83.3 cm³/mol. The molecule has 0 spiro atoms. The van der Waals surface area contributed by atoms with Gasteiger partial charge in [0.1, 0.15) is 17.3 Å². The number of guanidine groups is 1. The number of alkyl halides is 3. The molecule has 3 atom stereocenters. The normalized spacial score (nSPS) is 28.0. The van der Waals surface area contributed by atoms with E-state index >= 15 is 0 Å². The Bertz CT molecular complexity index is 813. The molecule has 2 heterocycles. The van der Waals surface area contributed by atoms with Gasteiger partial charge < -0.3 is 9.84 Å². The van der Waals surface area contributed by atoms with Gasteiger partial charge in [0.05, 0.1) is 6.61 Å². The third kappa shape index (κ3) is 3.01. The van der Waals surface area contributed by atoms with Crippen LogP contribution in [0.1, 0.15) is 12.5 Å². The van der Waals surface area contributed by atoms with Crippen LogP contribution in [0.25, 0.3) is 0 Å². The molecule has 0 radical (unpaired) electrons. The summed E-state index contributed by atoms with van der Waals surface area (Å²) >= 11 is 0. The quantitative estimate of drug-likeness (QED) is 0.758. The Morgan fingerprint density at radius 1 is 1.44 bits per heavy atom. The molecular weight excluding hydrogens is 374 g/mol. The molecule has 1 aromatic carbocycles. The van der Waals surface area contributed by atoms with Gasteiger partial charge in [-0.3, -0.25) is 15.0 Å². The second-order valence-corrected chi connectivity index (χ2v) is 6.10. The van der Waals surface area contributed by atoms with Crippen molar-refractivity contribution in [1.82, 2.24) is 10.2 Å². The summed E-state index contributed by atoms with van der Waals surface area (Å²) in [6, 6.07) is 4.96. The van der Waals surface area contributed by atoms with Crippen LogP contribution in [0.2, 0.25) is 0 Å². The van der Waals surface area contributed by atoms with E-state index in [4.69, 9.17) is 9.84 Å². The fourth-order valence-electron chi connectivity index (χ4n) is 3.51. The SMILES string of the molecule is CCN1C(=O)[C@@H]2[C@@H](C(F)(F)F)OC[C@]2(c2ccccc2F)N=C1NC(=O)O. The molecule has 0 aliphatic carbocycles. The lowest BCUT2D eigenvalue weighted by atomic mass is 9.76. The van der Waals surface area contributed by atoms with Crippen LogP contribution in [0.5, 0.6) is 0 Å². The number of nitrogens with one attached hydrogen (secondary N) is 1. The Labute approximate surface area is 150 Å². The van der Waals surface area contributed by atoms with E-state index in [-0.39, 0.29) is 12.1 Å². The van der Waals surface area contributed by atoms with Gasteiger partial charge in [0.2, 0.25) is 11.9 Å². The van der Waals surface area contributed by atoms with Gasteiger partial charge in [0.15, 0.2) is 6.10 Å². The molecule has 27 heavy (non-hydrogen) atoms. The third-order valence-electron chi connectivity index (χ3n) is 4.59. The number of hydrogen-bond donors (Lipinski definition) is 2. The number of carbonyl (C=O) groups excluding carboxylic acids is 1. The number of amides is 2. The summed E-state index contributed by atoms with van der Waals surface area (Å²) in [6.45, 7) is 0.592. The molecule has 146 valence electrons. The van der Waals surface area contributed by atoms with E-state index in [1.165, 1.54) is 25.1 Å². The van der Waals surface area contributed by atoms with Gasteiger partial charge in [-0.1, -0.05) is 18.2 Å². The molecule has 2 amide bonds. The molecule has 3 rings (SSSR count). The van der Waals surface area contributed by atoms with Gasteiger partial charge in [-0.05, 0) is 13.0 Å². The standard InChI is InChI=1S/C16H15F4N3O4/c1-2-23-12(24)10-11(16(18,19)20)27-7-15(10,22-13(23)21-14(25)26)8-5-3-4-6-9(8)17/h3-6,10-11H,2,7H2,1H3,(H,21,22)(H,25,26)/t10-,11-,15+/m0/s1. The summed E-state index contributed by atoms with van der Waals surface area (Å²) in [6.07, 6.45) is -8.94.